The number of carboxylic acid groups (broad SMARTS) is 1. The molecule has 10 heteroatoms. The molecular weight excluding hydrogens is 571 g/mol. The molecule has 4 rings (SSSR count). The number of amides is 1. The molecule has 1 heterocycles. The predicted molar refractivity (Wildman–Crippen MR) is 159 cm³/mol. The van der Waals surface area contributed by atoms with Gasteiger partial charge in [0.05, 0.1) is 37.9 Å². The van der Waals surface area contributed by atoms with E-state index in [-0.39, 0.29) is 32.6 Å². The van der Waals surface area contributed by atoms with E-state index < -0.39 is 27.1 Å². The lowest BCUT2D eigenvalue weighted by Crippen LogP contribution is -2.46. The Morgan fingerprint density at radius 2 is 1.75 bits per heavy atom. The lowest BCUT2D eigenvalue weighted by molar-refractivity contribution is -0.145. The van der Waals surface area contributed by atoms with Crippen molar-refractivity contribution >= 4 is 44.9 Å². The predicted octanol–water partition coefficient (Wildman–Crippen LogP) is 7.15. The van der Waals surface area contributed by atoms with E-state index in [2.05, 4.69) is 9.88 Å². The number of hydrogen-bond acceptors (Lipinski definition) is 4. The number of carbonyl (C=O) groups is 2. The van der Waals surface area contributed by atoms with E-state index in [0.29, 0.717) is 36.3 Å². The Hall–Kier alpha value is -2.03. The summed E-state index contributed by atoms with van der Waals surface area (Å²) < 4.78 is 28.6. The van der Waals surface area contributed by atoms with Gasteiger partial charge < -0.3 is 15.0 Å². The van der Waals surface area contributed by atoms with E-state index in [4.69, 9.17) is 23.2 Å². The van der Waals surface area contributed by atoms with Crippen LogP contribution < -0.4 is 5.32 Å². The molecule has 0 saturated heterocycles. The summed E-state index contributed by atoms with van der Waals surface area (Å²) in [6, 6.07) is 4.84. The fourth-order valence-corrected chi connectivity index (χ4v) is 8.70. The maximum absolute atomic E-state index is 13.3. The first kappa shape index (κ1) is 30.9. The van der Waals surface area contributed by atoms with Crippen LogP contribution in [0.1, 0.15) is 88.2 Å². The fourth-order valence-electron chi connectivity index (χ4n) is 5.83. The summed E-state index contributed by atoms with van der Waals surface area (Å²) >= 11 is 13.4. The van der Waals surface area contributed by atoms with Gasteiger partial charge in [-0.05, 0) is 62.1 Å². The average molecular weight is 612 g/mol. The van der Waals surface area contributed by atoms with Gasteiger partial charge in [-0.25, -0.2) is 8.42 Å². The van der Waals surface area contributed by atoms with Crippen LogP contribution in [0.3, 0.4) is 0 Å². The third-order valence-corrected chi connectivity index (χ3v) is 12.0. The Balaban J connectivity index is 1.71. The van der Waals surface area contributed by atoms with Crippen LogP contribution in [-0.4, -0.2) is 41.8 Å². The largest absolute Gasteiger partial charge is 0.481 e. The normalized spacial score (nSPS) is 20.2. The van der Waals surface area contributed by atoms with Crippen molar-refractivity contribution in [3.63, 3.8) is 0 Å². The van der Waals surface area contributed by atoms with Gasteiger partial charge in [0.15, 0.2) is 9.84 Å². The number of aromatic nitrogens is 1. The number of aliphatic carboxylic acids is 1. The smallest absolute Gasteiger partial charge is 0.306 e. The zero-order valence-corrected chi connectivity index (χ0v) is 26.1. The van der Waals surface area contributed by atoms with E-state index in [9.17, 15) is 23.1 Å². The van der Waals surface area contributed by atoms with Crippen LogP contribution >= 0.6 is 23.2 Å². The third-order valence-electron chi connectivity index (χ3n) is 8.79. The minimum Gasteiger partial charge on any atom is -0.481 e. The minimum atomic E-state index is -3.68. The molecule has 7 nitrogen and oxygen atoms in total. The zero-order chi connectivity index (χ0) is 29.4. The van der Waals surface area contributed by atoms with Crippen LogP contribution in [0, 0.1) is 24.2 Å². The molecule has 2 aliphatic rings. The number of hydrogen-bond donors (Lipinski definition) is 2. The number of carboxylic acids is 1. The molecule has 40 heavy (non-hydrogen) atoms. The molecule has 1 aromatic carbocycles. The van der Waals surface area contributed by atoms with E-state index in [1.807, 2.05) is 27.7 Å². The van der Waals surface area contributed by atoms with Crippen LogP contribution in [0.5, 0.6) is 0 Å². The lowest BCUT2D eigenvalue weighted by Gasteiger charge is -2.32. The molecule has 0 unspecified atom stereocenters. The van der Waals surface area contributed by atoms with E-state index >= 15 is 0 Å². The van der Waals surface area contributed by atoms with Gasteiger partial charge in [0.25, 0.3) is 5.91 Å². The first-order valence-corrected chi connectivity index (χ1v) is 16.6. The molecule has 2 fully saturated rings. The maximum atomic E-state index is 13.3. The van der Waals surface area contributed by atoms with Gasteiger partial charge in [-0.15, -0.1) is 0 Å². The Bertz CT molecular complexity index is 1390. The van der Waals surface area contributed by atoms with E-state index in [1.165, 1.54) is 25.3 Å². The quantitative estimate of drug-likeness (QED) is 0.297. The van der Waals surface area contributed by atoms with Crippen LogP contribution in [-0.2, 0) is 21.2 Å². The van der Waals surface area contributed by atoms with Crippen LogP contribution in [0.4, 0.5) is 0 Å². The van der Waals surface area contributed by atoms with Gasteiger partial charge in [0.2, 0.25) is 0 Å². The van der Waals surface area contributed by atoms with Crippen molar-refractivity contribution in [1.29, 1.82) is 0 Å². The van der Waals surface area contributed by atoms with Crippen molar-refractivity contribution in [2.24, 2.45) is 17.3 Å². The molecule has 220 valence electrons. The average Bonchev–Trinajstić information content (AvgIpc) is 3.18. The fraction of sp³-hybridized carbons (Fsp3) is 0.600. The second kappa shape index (κ2) is 12.1. The molecular formula is C30H40Cl2N2O5S. The van der Waals surface area contributed by atoms with Gasteiger partial charge in [0.1, 0.15) is 0 Å². The summed E-state index contributed by atoms with van der Waals surface area (Å²) in [5.74, 6) is -1.09. The van der Waals surface area contributed by atoms with Crippen molar-refractivity contribution in [2.75, 3.05) is 5.75 Å². The SMILES string of the molecule is CCC(C)(C)CS(=O)(=O)c1ccc(-c2cc(C(=O)NC3CC(C(=O)O)C3)c(C)n2CC2CCCCC2)c(Cl)c1Cl. The molecule has 0 atom stereocenters. The molecule has 0 aliphatic heterocycles. The molecule has 1 amide bonds. The van der Waals surface area contributed by atoms with E-state index in [0.717, 1.165) is 30.8 Å². The number of benzene rings is 1. The number of rotatable bonds is 10. The highest BCUT2D eigenvalue weighted by Gasteiger charge is 2.36. The topological polar surface area (TPSA) is 105 Å². The second-order valence-corrected chi connectivity index (χ2v) is 15.1. The van der Waals surface area contributed by atoms with Crippen LogP contribution in [0.15, 0.2) is 23.1 Å². The van der Waals surface area contributed by atoms with Crippen molar-refractivity contribution in [3.8, 4) is 11.3 Å². The van der Waals surface area contributed by atoms with Gasteiger partial charge in [-0.1, -0.05) is 69.7 Å². The Morgan fingerprint density at radius 3 is 2.35 bits per heavy atom. The van der Waals surface area contributed by atoms with Gasteiger partial charge in [-0.3, -0.25) is 9.59 Å². The van der Waals surface area contributed by atoms with Crippen molar-refractivity contribution in [1.82, 2.24) is 9.88 Å². The molecule has 2 aromatic rings. The molecule has 2 aliphatic carbocycles. The highest BCUT2D eigenvalue weighted by atomic mass is 35.5. The molecule has 0 bridgehead atoms. The van der Waals surface area contributed by atoms with E-state index in [1.54, 1.807) is 12.1 Å². The number of nitrogens with one attached hydrogen (secondary N) is 1. The third kappa shape index (κ3) is 6.55. The van der Waals surface area contributed by atoms with Gasteiger partial charge in [0, 0.05) is 23.8 Å². The maximum Gasteiger partial charge on any atom is 0.306 e. The monoisotopic (exact) mass is 610 g/mol. The Kier molecular flexibility index (Phi) is 9.32. The second-order valence-electron chi connectivity index (χ2n) is 12.3. The summed E-state index contributed by atoms with van der Waals surface area (Å²) in [6.07, 6.45) is 7.33. The standard InChI is InChI=1S/C30H40Cl2N2O5S/c1-5-30(3,4)17-40(38,39)25-12-11-22(26(31)27(25)32)24-15-23(28(35)33-21-13-20(14-21)29(36)37)18(2)34(24)16-19-9-7-6-8-10-19/h11-12,15,19-21H,5-10,13-14,16-17H2,1-4H3,(H,33,35)(H,36,37). The van der Waals surface area contributed by atoms with Gasteiger partial charge >= 0.3 is 5.97 Å². The highest BCUT2D eigenvalue weighted by molar-refractivity contribution is 7.91. The Labute approximate surface area is 247 Å². The number of sulfone groups is 1. The first-order chi connectivity index (χ1) is 18.7. The number of nitrogens with zero attached hydrogens (tertiary/aromatic N) is 1. The van der Waals surface area contributed by atoms with Crippen molar-refractivity contribution in [3.05, 3.63) is 39.5 Å². The summed E-state index contributed by atoms with van der Waals surface area (Å²) in [6.45, 7) is 8.40. The zero-order valence-electron chi connectivity index (χ0n) is 23.7. The highest BCUT2D eigenvalue weighted by Crippen LogP contribution is 2.41. The summed E-state index contributed by atoms with van der Waals surface area (Å²) in [5, 5.41) is 12.3. The first-order valence-electron chi connectivity index (χ1n) is 14.2. The molecule has 0 radical (unpaired) electrons. The van der Waals surface area contributed by atoms with Crippen molar-refractivity contribution in [2.45, 2.75) is 96.5 Å². The molecule has 0 spiro atoms. The van der Waals surface area contributed by atoms with Gasteiger partial charge in [-0.2, -0.15) is 0 Å². The summed E-state index contributed by atoms with van der Waals surface area (Å²) in [4.78, 5) is 24.5. The number of carbonyl (C=O) groups excluding carboxylic acids is 1. The van der Waals surface area contributed by atoms with Crippen LogP contribution in [0.25, 0.3) is 11.3 Å². The summed E-state index contributed by atoms with van der Waals surface area (Å²) in [7, 11) is -3.68. The molecule has 2 saturated carbocycles. The summed E-state index contributed by atoms with van der Waals surface area (Å²) in [5.41, 5.74) is 2.17. The van der Waals surface area contributed by atoms with Crippen molar-refractivity contribution < 1.29 is 23.1 Å². The molecule has 2 N–H and O–H groups in total. The minimum absolute atomic E-state index is 0.00526. The lowest BCUT2D eigenvalue weighted by atomic mass is 9.80. The molecule has 1 aromatic heterocycles. The number of halogens is 2. The van der Waals surface area contributed by atoms with Crippen LogP contribution in [0.2, 0.25) is 10.0 Å². The Morgan fingerprint density at radius 1 is 1.10 bits per heavy atom.